The van der Waals surface area contributed by atoms with Crippen LogP contribution in [0.25, 0.3) is 66.8 Å². The molecule has 3 heterocycles. The fourth-order valence-electron chi connectivity index (χ4n) is 8.51. The highest BCUT2D eigenvalue weighted by molar-refractivity contribution is 6.15. The van der Waals surface area contributed by atoms with Crippen molar-refractivity contribution >= 4 is 17.7 Å². The van der Waals surface area contributed by atoms with E-state index in [4.69, 9.17) is 14.2 Å². The molecule has 0 amide bonds. The van der Waals surface area contributed by atoms with Crippen LogP contribution in [0.2, 0.25) is 0 Å². The topological polar surface area (TPSA) is 64.8 Å². The number of nitrogens with zero attached hydrogens (tertiary/aromatic N) is 3. The van der Waals surface area contributed by atoms with Gasteiger partial charge >= 0.3 is 0 Å². The highest BCUT2D eigenvalue weighted by Gasteiger charge is 2.30. The van der Waals surface area contributed by atoms with Gasteiger partial charge in [0.25, 0.3) is 0 Å². The van der Waals surface area contributed by atoms with Gasteiger partial charge in [-0.2, -0.15) is 0 Å². The smallest absolute Gasteiger partial charge is 0.216 e. The third-order valence-corrected chi connectivity index (χ3v) is 11.5. The van der Waals surface area contributed by atoms with Gasteiger partial charge in [0.15, 0.2) is 0 Å². The Morgan fingerprint density at radius 2 is 0.450 bits per heavy atom. The number of aryl methyl sites for hydroxylation is 3. The Morgan fingerprint density at radius 1 is 0.267 bits per heavy atom. The molecule has 6 nitrogen and oxygen atoms in total. The van der Waals surface area contributed by atoms with E-state index < -0.39 is 0 Å². The predicted octanol–water partition coefficient (Wildman–Crippen LogP) is 11.9. The summed E-state index contributed by atoms with van der Waals surface area (Å²) in [6, 6.07) is 53.3. The lowest BCUT2D eigenvalue weighted by Gasteiger charge is -2.29. The molecule has 0 radical (unpaired) electrons. The van der Waals surface area contributed by atoms with Crippen LogP contribution in [0.5, 0.6) is 0 Å². The molecule has 0 atom stereocenters. The fraction of sp³-hybridized carbons (Fsp3) is 0.167. The van der Waals surface area contributed by atoms with Gasteiger partial charge in [0.05, 0.1) is 19.6 Å². The molecular formula is C54H45N3O3. The number of benzene rings is 7. The zero-order valence-corrected chi connectivity index (χ0v) is 34.2. The van der Waals surface area contributed by atoms with Crippen LogP contribution < -0.4 is 0 Å². The van der Waals surface area contributed by atoms with Gasteiger partial charge in [0.2, 0.25) is 17.7 Å². The fourth-order valence-corrected chi connectivity index (χ4v) is 8.51. The molecule has 7 aromatic carbocycles. The van der Waals surface area contributed by atoms with Crippen molar-refractivity contribution in [3.8, 4) is 66.8 Å². The third-order valence-electron chi connectivity index (χ3n) is 11.5. The van der Waals surface area contributed by atoms with Gasteiger partial charge in [-0.1, -0.05) is 126 Å². The average Bonchev–Trinajstić information content (AvgIpc) is 4.13. The molecule has 0 N–H and O–H groups in total. The number of ether oxygens (including phenoxy) is 3. The lowest BCUT2D eigenvalue weighted by atomic mass is 9.74. The first-order valence-corrected chi connectivity index (χ1v) is 20.8. The van der Waals surface area contributed by atoms with Crippen molar-refractivity contribution in [1.82, 2.24) is 0 Å². The van der Waals surface area contributed by atoms with Gasteiger partial charge in [0, 0.05) is 16.7 Å². The molecule has 6 heteroatoms. The standard InChI is InChI=1S/C54H45N3O3/c1-34-4-10-37(11-5-34)46-49(40-16-22-43(23-17-40)52-55-28-31-58-52)47(38-12-6-35(2)7-13-38)51(42-20-26-45(27-21-42)54-57-30-33-60-54)48(39-14-8-36(3)9-15-39)50(46)41-18-24-44(25-19-41)53-56-29-32-59-53/h4-27H,28-33H2,1-3H3. The molecule has 0 aromatic heterocycles. The van der Waals surface area contributed by atoms with Crippen LogP contribution in [0.3, 0.4) is 0 Å². The Kier molecular flexibility index (Phi) is 9.90. The van der Waals surface area contributed by atoms with E-state index in [1.54, 1.807) is 0 Å². The minimum Gasteiger partial charge on any atom is -0.476 e. The maximum Gasteiger partial charge on any atom is 0.216 e. The van der Waals surface area contributed by atoms with Gasteiger partial charge in [-0.15, -0.1) is 0 Å². The average molecular weight is 784 g/mol. The summed E-state index contributed by atoms with van der Waals surface area (Å²) in [4.78, 5) is 13.9. The molecule has 0 aliphatic carbocycles. The summed E-state index contributed by atoms with van der Waals surface area (Å²) in [5.41, 5.74) is 20.1. The number of hydrogen-bond acceptors (Lipinski definition) is 6. The Bertz CT molecular complexity index is 2470. The van der Waals surface area contributed by atoms with Crippen LogP contribution in [0, 0.1) is 20.8 Å². The molecule has 60 heavy (non-hydrogen) atoms. The highest BCUT2D eigenvalue weighted by atomic mass is 16.5. The largest absolute Gasteiger partial charge is 0.476 e. The van der Waals surface area contributed by atoms with Crippen molar-refractivity contribution < 1.29 is 14.2 Å². The molecule has 0 bridgehead atoms. The van der Waals surface area contributed by atoms with Crippen LogP contribution in [0.1, 0.15) is 33.4 Å². The van der Waals surface area contributed by atoms with Gasteiger partial charge in [-0.25, -0.2) is 15.0 Å². The zero-order valence-electron chi connectivity index (χ0n) is 34.2. The van der Waals surface area contributed by atoms with E-state index in [2.05, 4.69) is 181 Å². The maximum absolute atomic E-state index is 5.93. The van der Waals surface area contributed by atoms with Gasteiger partial charge < -0.3 is 14.2 Å². The lowest BCUT2D eigenvalue weighted by molar-refractivity contribution is 0.348. The Hall–Kier alpha value is -7.05. The molecule has 0 fully saturated rings. The first-order valence-electron chi connectivity index (χ1n) is 20.8. The summed E-state index contributed by atoms with van der Waals surface area (Å²) in [5.74, 6) is 2.09. The summed E-state index contributed by atoms with van der Waals surface area (Å²) in [6.07, 6.45) is 0. The number of hydrogen-bond donors (Lipinski definition) is 0. The molecule has 3 aliphatic rings. The van der Waals surface area contributed by atoms with E-state index in [1.165, 1.54) is 16.7 Å². The minimum absolute atomic E-state index is 0.607. The second-order valence-corrected chi connectivity index (χ2v) is 15.7. The van der Waals surface area contributed by atoms with Crippen LogP contribution >= 0.6 is 0 Å². The quantitative estimate of drug-likeness (QED) is 0.146. The summed E-state index contributed by atoms with van der Waals surface area (Å²) < 4.78 is 17.8. The Balaban J connectivity index is 1.38. The van der Waals surface area contributed by atoms with Gasteiger partial charge in [-0.05, 0) is 124 Å². The summed E-state index contributed by atoms with van der Waals surface area (Å²) in [6.45, 7) is 10.3. The van der Waals surface area contributed by atoms with Crippen molar-refractivity contribution in [3.05, 3.63) is 179 Å². The van der Waals surface area contributed by atoms with E-state index in [1.807, 2.05) is 0 Å². The Morgan fingerprint density at radius 3 is 0.633 bits per heavy atom. The van der Waals surface area contributed by atoms with E-state index in [0.717, 1.165) is 83.5 Å². The number of rotatable bonds is 9. The van der Waals surface area contributed by atoms with Crippen LogP contribution in [0.4, 0.5) is 0 Å². The van der Waals surface area contributed by atoms with Crippen molar-refractivity contribution in [1.29, 1.82) is 0 Å². The molecule has 10 rings (SSSR count). The Labute approximate surface area is 351 Å². The van der Waals surface area contributed by atoms with Crippen molar-refractivity contribution in [3.63, 3.8) is 0 Å². The van der Waals surface area contributed by atoms with Gasteiger partial charge in [0.1, 0.15) is 19.8 Å². The van der Waals surface area contributed by atoms with Crippen LogP contribution in [-0.2, 0) is 14.2 Å². The minimum atomic E-state index is 0.607. The lowest BCUT2D eigenvalue weighted by Crippen LogP contribution is -2.04. The van der Waals surface area contributed by atoms with Crippen molar-refractivity contribution in [2.24, 2.45) is 15.0 Å². The second kappa shape index (κ2) is 16.0. The maximum atomic E-state index is 5.93. The molecule has 0 saturated carbocycles. The van der Waals surface area contributed by atoms with Crippen molar-refractivity contribution in [2.75, 3.05) is 39.5 Å². The summed E-state index contributed by atoms with van der Waals surface area (Å²) in [5, 5.41) is 0. The zero-order chi connectivity index (χ0) is 40.6. The molecule has 7 aromatic rings. The third kappa shape index (κ3) is 7.08. The monoisotopic (exact) mass is 783 g/mol. The van der Waals surface area contributed by atoms with Crippen LogP contribution in [0.15, 0.2) is 161 Å². The predicted molar refractivity (Wildman–Crippen MR) is 245 cm³/mol. The first kappa shape index (κ1) is 37.2. The molecule has 3 aliphatic heterocycles. The molecule has 0 saturated heterocycles. The first-order chi connectivity index (χ1) is 29.5. The normalized spacial score (nSPS) is 14.6. The van der Waals surface area contributed by atoms with E-state index in [-0.39, 0.29) is 0 Å². The number of aliphatic imine (C=N–C) groups is 3. The van der Waals surface area contributed by atoms with E-state index >= 15 is 0 Å². The summed E-state index contributed by atoms with van der Waals surface area (Å²) >= 11 is 0. The molecular weight excluding hydrogens is 739 g/mol. The molecule has 0 unspecified atom stereocenters. The summed E-state index contributed by atoms with van der Waals surface area (Å²) in [7, 11) is 0. The van der Waals surface area contributed by atoms with Crippen LogP contribution in [-0.4, -0.2) is 57.1 Å². The van der Waals surface area contributed by atoms with Crippen molar-refractivity contribution in [2.45, 2.75) is 20.8 Å². The second-order valence-electron chi connectivity index (χ2n) is 15.7. The molecule has 0 spiro atoms. The highest BCUT2D eigenvalue weighted by Crippen LogP contribution is 2.56. The molecule has 294 valence electrons. The van der Waals surface area contributed by atoms with Gasteiger partial charge in [-0.3, -0.25) is 0 Å². The van der Waals surface area contributed by atoms with E-state index in [9.17, 15) is 0 Å². The van der Waals surface area contributed by atoms with E-state index in [0.29, 0.717) is 57.1 Å². The SMILES string of the molecule is Cc1ccc(-c2c(-c3ccc(C4=NCCO4)cc3)c(-c3ccc(C)cc3)c(-c3ccc(C4=NCCO4)cc3)c(-c3ccc(C)cc3)c2-c2ccc(C3=NCCO3)cc2)cc1.